The van der Waals surface area contributed by atoms with E-state index in [-0.39, 0.29) is 36.4 Å². The van der Waals surface area contributed by atoms with Gasteiger partial charge in [-0.05, 0) is 90.2 Å². The van der Waals surface area contributed by atoms with Crippen LogP contribution >= 0.6 is 0 Å². The van der Waals surface area contributed by atoms with Gasteiger partial charge < -0.3 is 24.6 Å². The van der Waals surface area contributed by atoms with E-state index in [1.807, 2.05) is 57.2 Å². The van der Waals surface area contributed by atoms with Crippen LogP contribution < -0.4 is 5.32 Å². The molecule has 226 valence electrons. The molecule has 3 rings (SSSR count). The first kappa shape index (κ1) is 32.2. The Kier molecular flexibility index (Phi) is 12.2. The van der Waals surface area contributed by atoms with E-state index >= 15 is 0 Å². The van der Waals surface area contributed by atoms with Crippen molar-refractivity contribution in [2.24, 2.45) is 11.8 Å². The molecule has 2 heterocycles. The molecule has 0 spiro atoms. The van der Waals surface area contributed by atoms with Gasteiger partial charge in [-0.3, -0.25) is 9.59 Å². The normalized spacial score (nSPS) is 19.1. The number of allylic oxidation sites excluding steroid dienone is 1. The summed E-state index contributed by atoms with van der Waals surface area (Å²) < 4.78 is 10.7. The predicted molar refractivity (Wildman–Crippen MR) is 157 cm³/mol. The number of nitrogens with one attached hydrogen (secondary N) is 1. The standard InChI is InChI=1S/C32H47N3O6/c1-5-40-30(38)27(15-9-13-24-11-7-6-8-12-24)33-29(37)26-14-10-20-35(23-26)28(36)17-16-25-18-21-34(22-19-25)31(39)41-32(2,3)4/h6-8,11-12,16-17,25-27H,5,9-10,13-15,18-23H2,1-4H3,(H,33,37)/b17-16+/t26-,27+/m1/s1. The average molecular weight is 570 g/mol. The molecule has 0 aromatic heterocycles. The van der Waals surface area contributed by atoms with Crippen molar-refractivity contribution >= 4 is 23.9 Å². The molecule has 2 atom stereocenters. The van der Waals surface area contributed by atoms with Gasteiger partial charge in [0.1, 0.15) is 11.6 Å². The van der Waals surface area contributed by atoms with E-state index in [0.717, 1.165) is 32.1 Å². The number of nitrogens with zero attached hydrogens (tertiary/aromatic N) is 2. The van der Waals surface area contributed by atoms with Crippen LogP contribution in [-0.4, -0.2) is 78.1 Å². The van der Waals surface area contributed by atoms with E-state index in [9.17, 15) is 19.2 Å². The number of aryl methyl sites for hydroxylation is 1. The molecule has 9 heteroatoms. The molecular weight excluding hydrogens is 522 g/mol. The molecular formula is C32H47N3O6. The summed E-state index contributed by atoms with van der Waals surface area (Å²) in [6.07, 6.45) is 8.23. The largest absolute Gasteiger partial charge is 0.464 e. The van der Waals surface area contributed by atoms with E-state index in [1.54, 1.807) is 22.8 Å². The quantitative estimate of drug-likeness (QED) is 0.329. The van der Waals surface area contributed by atoms with E-state index in [2.05, 4.69) is 5.32 Å². The average Bonchev–Trinajstić information content (AvgIpc) is 2.95. The van der Waals surface area contributed by atoms with Crippen molar-refractivity contribution in [3.05, 3.63) is 48.0 Å². The van der Waals surface area contributed by atoms with E-state index in [4.69, 9.17) is 9.47 Å². The second kappa shape index (κ2) is 15.6. The minimum Gasteiger partial charge on any atom is -0.464 e. The van der Waals surface area contributed by atoms with Gasteiger partial charge in [-0.2, -0.15) is 0 Å². The van der Waals surface area contributed by atoms with Crippen molar-refractivity contribution in [1.29, 1.82) is 0 Å². The van der Waals surface area contributed by atoms with Crippen LogP contribution in [0, 0.1) is 11.8 Å². The maximum atomic E-state index is 13.2. The molecule has 9 nitrogen and oxygen atoms in total. The third-order valence-electron chi connectivity index (χ3n) is 7.49. The smallest absolute Gasteiger partial charge is 0.410 e. The van der Waals surface area contributed by atoms with Gasteiger partial charge >= 0.3 is 12.1 Å². The zero-order valence-electron chi connectivity index (χ0n) is 25.1. The highest BCUT2D eigenvalue weighted by Crippen LogP contribution is 2.22. The lowest BCUT2D eigenvalue weighted by atomic mass is 9.95. The zero-order chi connectivity index (χ0) is 29.8. The molecule has 1 aromatic rings. The first-order chi connectivity index (χ1) is 19.6. The number of hydrogen-bond donors (Lipinski definition) is 1. The third kappa shape index (κ3) is 10.9. The van der Waals surface area contributed by atoms with Gasteiger partial charge in [0.2, 0.25) is 11.8 Å². The highest BCUT2D eigenvalue weighted by Gasteiger charge is 2.31. The Morgan fingerprint density at radius 3 is 2.39 bits per heavy atom. The molecule has 2 aliphatic heterocycles. The third-order valence-corrected chi connectivity index (χ3v) is 7.49. The van der Waals surface area contributed by atoms with E-state index in [0.29, 0.717) is 39.0 Å². The Labute approximate surface area is 244 Å². The number of esters is 1. The fraction of sp³-hybridized carbons (Fsp3) is 0.625. The van der Waals surface area contributed by atoms with Crippen molar-refractivity contribution in [1.82, 2.24) is 15.1 Å². The van der Waals surface area contributed by atoms with Crippen LogP contribution in [0.4, 0.5) is 4.79 Å². The summed E-state index contributed by atoms with van der Waals surface area (Å²) in [4.78, 5) is 54.5. The Morgan fingerprint density at radius 2 is 1.73 bits per heavy atom. The second-order valence-corrected chi connectivity index (χ2v) is 12.0. The van der Waals surface area contributed by atoms with E-state index < -0.39 is 17.6 Å². The van der Waals surface area contributed by atoms with Crippen LogP contribution in [0.15, 0.2) is 42.5 Å². The van der Waals surface area contributed by atoms with Crippen molar-refractivity contribution in [3.8, 4) is 0 Å². The summed E-state index contributed by atoms with van der Waals surface area (Å²) in [5.41, 5.74) is 0.662. The first-order valence-corrected chi connectivity index (χ1v) is 15.0. The number of piperidine rings is 2. The van der Waals surface area contributed by atoms with Crippen LogP contribution in [-0.2, 0) is 30.3 Å². The number of carbonyl (C=O) groups excluding carboxylic acids is 4. The summed E-state index contributed by atoms with van der Waals surface area (Å²) in [6.45, 7) is 9.68. The number of carbonyl (C=O) groups is 4. The number of ether oxygens (including phenoxy) is 2. The number of rotatable bonds is 10. The molecule has 3 amide bonds. The molecule has 2 saturated heterocycles. The molecule has 2 fully saturated rings. The summed E-state index contributed by atoms with van der Waals surface area (Å²) >= 11 is 0. The van der Waals surface area contributed by atoms with Gasteiger partial charge in [-0.25, -0.2) is 9.59 Å². The number of hydrogen-bond acceptors (Lipinski definition) is 6. The molecule has 1 N–H and O–H groups in total. The lowest BCUT2D eigenvalue weighted by Gasteiger charge is -2.33. The van der Waals surface area contributed by atoms with Crippen LogP contribution in [0.1, 0.15) is 71.8 Å². The van der Waals surface area contributed by atoms with Crippen molar-refractivity contribution in [2.45, 2.75) is 84.3 Å². The highest BCUT2D eigenvalue weighted by molar-refractivity contribution is 5.89. The monoisotopic (exact) mass is 569 g/mol. The highest BCUT2D eigenvalue weighted by atomic mass is 16.6. The van der Waals surface area contributed by atoms with Crippen LogP contribution in [0.2, 0.25) is 0 Å². The summed E-state index contributed by atoms with van der Waals surface area (Å²) in [7, 11) is 0. The maximum absolute atomic E-state index is 13.2. The predicted octanol–water partition coefficient (Wildman–Crippen LogP) is 4.50. The van der Waals surface area contributed by atoms with Crippen molar-refractivity contribution in [2.75, 3.05) is 32.8 Å². The molecule has 0 saturated carbocycles. The molecule has 0 radical (unpaired) electrons. The molecule has 1 aromatic carbocycles. The molecule has 0 bridgehead atoms. The lowest BCUT2D eigenvalue weighted by molar-refractivity contribution is -0.148. The minimum atomic E-state index is -0.705. The zero-order valence-corrected chi connectivity index (χ0v) is 25.1. The first-order valence-electron chi connectivity index (χ1n) is 15.0. The van der Waals surface area contributed by atoms with Gasteiger partial charge in [0.05, 0.1) is 12.5 Å². The van der Waals surface area contributed by atoms with Crippen LogP contribution in [0.5, 0.6) is 0 Å². The fourth-order valence-electron chi connectivity index (χ4n) is 5.25. The van der Waals surface area contributed by atoms with Crippen LogP contribution in [0.25, 0.3) is 0 Å². The Balaban J connectivity index is 1.47. The molecule has 0 unspecified atom stereocenters. The van der Waals surface area contributed by atoms with Gasteiger partial charge in [0.15, 0.2) is 0 Å². The number of benzene rings is 1. The summed E-state index contributed by atoms with van der Waals surface area (Å²) in [5.74, 6) is -0.897. The Morgan fingerprint density at radius 1 is 1.02 bits per heavy atom. The minimum absolute atomic E-state index is 0.109. The molecule has 2 aliphatic rings. The van der Waals surface area contributed by atoms with E-state index in [1.165, 1.54) is 5.56 Å². The number of amides is 3. The van der Waals surface area contributed by atoms with Gasteiger partial charge in [0.25, 0.3) is 0 Å². The number of likely N-dealkylation sites (tertiary alicyclic amines) is 2. The maximum Gasteiger partial charge on any atom is 0.410 e. The van der Waals surface area contributed by atoms with Crippen molar-refractivity contribution < 1.29 is 28.7 Å². The van der Waals surface area contributed by atoms with Gasteiger partial charge in [-0.15, -0.1) is 0 Å². The SMILES string of the molecule is CCOC(=O)[C@H](CCCc1ccccc1)NC(=O)[C@@H]1CCCN(C(=O)/C=C/C2CCN(C(=O)OC(C)(C)C)CC2)C1. The Hall–Kier alpha value is -3.36. The topological polar surface area (TPSA) is 105 Å². The van der Waals surface area contributed by atoms with Crippen molar-refractivity contribution in [3.63, 3.8) is 0 Å². The lowest BCUT2D eigenvalue weighted by Crippen LogP contribution is -2.49. The molecule has 0 aliphatic carbocycles. The fourth-order valence-corrected chi connectivity index (χ4v) is 5.25. The van der Waals surface area contributed by atoms with Gasteiger partial charge in [-0.1, -0.05) is 36.4 Å². The van der Waals surface area contributed by atoms with Crippen LogP contribution in [0.3, 0.4) is 0 Å². The van der Waals surface area contributed by atoms with Gasteiger partial charge in [0, 0.05) is 26.2 Å². The summed E-state index contributed by atoms with van der Waals surface area (Å²) in [6, 6.07) is 9.33. The summed E-state index contributed by atoms with van der Waals surface area (Å²) in [5, 5.41) is 2.92. The molecule has 41 heavy (non-hydrogen) atoms. The second-order valence-electron chi connectivity index (χ2n) is 12.0. The Bertz CT molecular complexity index is 1040.